The molecule has 2 heterocycles. The van der Waals surface area contributed by atoms with Crippen LogP contribution < -0.4 is 5.32 Å². The minimum Gasteiger partial charge on any atom is -0.351 e. The average molecular weight is 364 g/mol. The smallest absolute Gasteiger partial charge is 0.351 e. The van der Waals surface area contributed by atoms with Crippen LogP contribution in [0.1, 0.15) is 21.9 Å². The molecule has 2 N–H and O–H groups in total. The highest BCUT2D eigenvalue weighted by molar-refractivity contribution is 5.95. The van der Waals surface area contributed by atoms with Gasteiger partial charge in [0.05, 0.1) is 5.56 Å². The quantitative estimate of drug-likeness (QED) is 0.726. The number of benzene rings is 1. The van der Waals surface area contributed by atoms with Crippen molar-refractivity contribution in [2.75, 3.05) is 6.54 Å². The standard InChI is InChI=1S/C16H15F3N6O/c1-25-9-11(13(24-25)16(17,18)19)15(26)20-8-7-12-21-14(23-22-12)10-5-3-2-4-6-10/h2-6,9H,7-8H2,1H3,(H,20,26)(H,21,22,23). The SMILES string of the molecule is Cn1cc(C(=O)NCCc2nc(-c3ccccc3)n[nH]2)c(C(F)(F)F)n1. The topological polar surface area (TPSA) is 88.5 Å². The van der Waals surface area contributed by atoms with Gasteiger partial charge in [0.25, 0.3) is 5.91 Å². The fraction of sp³-hybridized carbons (Fsp3) is 0.250. The van der Waals surface area contributed by atoms with Gasteiger partial charge in [-0.25, -0.2) is 4.98 Å². The normalized spacial score (nSPS) is 11.5. The molecule has 136 valence electrons. The van der Waals surface area contributed by atoms with Crippen molar-refractivity contribution in [3.63, 3.8) is 0 Å². The first-order valence-corrected chi connectivity index (χ1v) is 7.70. The minimum atomic E-state index is -4.69. The molecule has 2 aromatic heterocycles. The highest BCUT2D eigenvalue weighted by atomic mass is 19.4. The number of aromatic amines is 1. The van der Waals surface area contributed by atoms with Gasteiger partial charge in [-0.3, -0.25) is 14.6 Å². The van der Waals surface area contributed by atoms with Gasteiger partial charge in [-0.15, -0.1) is 0 Å². The third-order valence-electron chi connectivity index (χ3n) is 3.55. The van der Waals surface area contributed by atoms with Crippen LogP contribution in [0, 0.1) is 0 Å². The van der Waals surface area contributed by atoms with Crippen molar-refractivity contribution < 1.29 is 18.0 Å². The summed E-state index contributed by atoms with van der Waals surface area (Å²) in [5.41, 5.74) is -0.879. The monoisotopic (exact) mass is 364 g/mol. The van der Waals surface area contributed by atoms with E-state index in [1.54, 1.807) is 0 Å². The second-order valence-corrected chi connectivity index (χ2v) is 5.54. The van der Waals surface area contributed by atoms with E-state index < -0.39 is 23.3 Å². The molecule has 0 atom stereocenters. The van der Waals surface area contributed by atoms with Gasteiger partial charge in [0.15, 0.2) is 11.5 Å². The van der Waals surface area contributed by atoms with Crippen LogP contribution in [0.2, 0.25) is 0 Å². The lowest BCUT2D eigenvalue weighted by Crippen LogP contribution is -2.27. The Labute approximate surface area is 146 Å². The summed E-state index contributed by atoms with van der Waals surface area (Å²) in [7, 11) is 1.33. The maximum absolute atomic E-state index is 12.9. The van der Waals surface area contributed by atoms with Crippen LogP contribution in [0.3, 0.4) is 0 Å². The van der Waals surface area contributed by atoms with Gasteiger partial charge in [0, 0.05) is 31.8 Å². The predicted octanol–water partition coefficient (Wildman–Crippen LogP) is 2.20. The Hall–Kier alpha value is -3.17. The Balaban J connectivity index is 1.61. The zero-order valence-corrected chi connectivity index (χ0v) is 13.7. The molecule has 0 fully saturated rings. The van der Waals surface area contributed by atoms with E-state index in [1.165, 1.54) is 7.05 Å². The second-order valence-electron chi connectivity index (χ2n) is 5.54. The number of nitrogens with one attached hydrogen (secondary N) is 2. The van der Waals surface area contributed by atoms with Gasteiger partial charge in [-0.2, -0.15) is 23.4 Å². The number of hydrogen-bond donors (Lipinski definition) is 2. The first-order chi connectivity index (χ1) is 12.3. The number of carbonyl (C=O) groups is 1. The van der Waals surface area contributed by atoms with E-state index in [0.29, 0.717) is 18.1 Å². The summed E-state index contributed by atoms with van der Waals surface area (Å²) in [6.07, 6.45) is -3.35. The van der Waals surface area contributed by atoms with E-state index >= 15 is 0 Å². The fourth-order valence-electron chi connectivity index (χ4n) is 2.38. The van der Waals surface area contributed by atoms with E-state index in [0.717, 1.165) is 16.4 Å². The first kappa shape index (κ1) is 17.6. The van der Waals surface area contributed by atoms with Crippen molar-refractivity contribution >= 4 is 5.91 Å². The molecule has 0 saturated carbocycles. The second kappa shape index (κ2) is 6.98. The van der Waals surface area contributed by atoms with Crippen LogP contribution in [0.25, 0.3) is 11.4 Å². The Morgan fingerprint density at radius 3 is 2.69 bits per heavy atom. The number of aromatic nitrogens is 5. The highest BCUT2D eigenvalue weighted by Crippen LogP contribution is 2.30. The summed E-state index contributed by atoms with van der Waals surface area (Å²) >= 11 is 0. The van der Waals surface area contributed by atoms with Gasteiger partial charge >= 0.3 is 6.18 Å². The van der Waals surface area contributed by atoms with Crippen molar-refractivity contribution in [1.29, 1.82) is 0 Å². The Kier molecular flexibility index (Phi) is 4.74. The molecule has 0 saturated heterocycles. The zero-order chi connectivity index (χ0) is 18.7. The van der Waals surface area contributed by atoms with Crippen LogP contribution >= 0.6 is 0 Å². The molecule has 1 amide bonds. The molecule has 3 aromatic rings. The van der Waals surface area contributed by atoms with E-state index in [4.69, 9.17) is 0 Å². The number of hydrogen-bond acceptors (Lipinski definition) is 4. The molecule has 1 aromatic carbocycles. The molecule has 0 aliphatic heterocycles. The number of amides is 1. The van der Waals surface area contributed by atoms with Crippen molar-refractivity contribution in [3.05, 3.63) is 53.6 Å². The van der Waals surface area contributed by atoms with Crippen molar-refractivity contribution in [1.82, 2.24) is 30.3 Å². The first-order valence-electron chi connectivity index (χ1n) is 7.70. The number of rotatable bonds is 5. The number of aryl methyl sites for hydroxylation is 1. The number of carbonyl (C=O) groups excluding carboxylic acids is 1. The Morgan fingerprint density at radius 1 is 1.27 bits per heavy atom. The van der Waals surface area contributed by atoms with Gasteiger partial charge in [-0.1, -0.05) is 30.3 Å². The molecule has 26 heavy (non-hydrogen) atoms. The molecule has 0 radical (unpaired) electrons. The van der Waals surface area contributed by atoms with Gasteiger partial charge in [0.2, 0.25) is 0 Å². The number of alkyl halides is 3. The van der Waals surface area contributed by atoms with Crippen molar-refractivity contribution in [2.45, 2.75) is 12.6 Å². The maximum Gasteiger partial charge on any atom is 0.435 e. The molecule has 0 aliphatic carbocycles. The lowest BCUT2D eigenvalue weighted by molar-refractivity contribution is -0.141. The van der Waals surface area contributed by atoms with E-state index in [9.17, 15) is 18.0 Å². The summed E-state index contributed by atoms with van der Waals surface area (Å²) in [6, 6.07) is 9.31. The third kappa shape index (κ3) is 3.90. The zero-order valence-electron chi connectivity index (χ0n) is 13.7. The molecule has 0 spiro atoms. The molecule has 10 heteroatoms. The fourth-order valence-corrected chi connectivity index (χ4v) is 2.38. The summed E-state index contributed by atoms with van der Waals surface area (Å²) in [6.45, 7) is 0.106. The molecule has 3 rings (SSSR count). The van der Waals surface area contributed by atoms with Crippen LogP contribution in [-0.4, -0.2) is 37.4 Å². The minimum absolute atomic E-state index is 0.106. The number of nitrogens with zero attached hydrogens (tertiary/aromatic N) is 4. The summed E-state index contributed by atoms with van der Waals surface area (Å²) in [5.74, 6) is 0.193. The van der Waals surface area contributed by atoms with Gasteiger partial charge < -0.3 is 5.32 Å². The summed E-state index contributed by atoms with van der Waals surface area (Å²) in [4.78, 5) is 16.3. The lowest BCUT2D eigenvalue weighted by Gasteiger charge is -2.06. The Morgan fingerprint density at radius 2 is 2.00 bits per heavy atom. The van der Waals surface area contributed by atoms with Crippen LogP contribution in [0.5, 0.6) is 0 Å². The van der Waals surface area contributed by atoms with Crippen molar-refractivity contribution in [2.24, 2.45) is 7.05 Å². The van der Waals surface area contributed by atoms with E-state index in [-0.39, 0.29) is 6.54 Å². The Bertz CT molecular complexity index is 900. The van der Waals surface area contributed by atoms with Crippen molar-refractivity contribution in [3.8, 4) is 11.4 Å². The maximum atomic E-state index is 12.9. The van der Waals surface area contributed by atoms with Gasteiger partial charge in [0.1, 0.15) is 5.82 Å². The van der Waals surface area contributed by atoms with E-state index in [1.807, 2.05) is 30.3 Å². The summed E-state index contributed by atoms with van der Waals surface area (Å²) < 4.78 is 39.6. The van der Waals surface area contributed by atoms with Crippen LogP contribution in [0.15, 0.2) is 36.5 Å². The molecular formula is C16H15F3N6O. The molecular weight excluding hydrogens is 349 g/mol. The molecule has 7 nitrogen and oxygen atoms in total. The average Bonchev–Trinajstić information content (AvgIpc) is 3.22. The molecule has 0 unspecified atom stereocenters. The third-order valence-corrected chi connectivity index (χ3v) is 3.55. The lowest BCUT2D eigenvalue weighted by atomic mass is 10.2. The number of halogens is 3. The molecule has 0 bridgehead atoms. The van der Waals surface area contributed by atoms with Crippen LogP contribution in [0.4, 0.5) is 13.2 Å². The van der Waals surface area contributed by atoms with E-state index in [2.05, 4.69) is 25.6 Å². The predicted molar refractivity (Wildman–Crippen MR) is 86.1 cm³/mol. The highest BCUT2D eigenvalue weighted by Gasteiger charge is 2.38. The van der Waals surface area contributed by atoms with Gasteiger partial charge in [-0.05, 0) is 0 Å². The van der Waals surface area contributed by atoms with Crippen LogP contribution in [-0.2, 0) is 19.6 Å². The summed E-state index contributed by atoms with van der Waals surface area (Å²) in [5, 5.41) is 12.6. The number of H-pyrrole nitrogens is 1. The molecule has 0 aliphatic rings. The largest absolute Gasteiger partial charge is 0.435 e.